The molecule has 0 fully saturated rings. The first-order valence-electron chi connectivity index (χ1n) is 6.05. The van der Waals surface area contributed by atoms with E-state index in [9.17, 15) is 4.39 Å². The largest absolute Gasteiger partial charge is 0.325 e. The van der Waals surface area contributed by atoms with E-state index in [4.69, 9.17) is 0 Å². The van der Waals surface area contributed by atoms with E-state index < -0.39 is 0 Å². The van der Waals surface area contributed by atoms with Gasteiger partial charge in [0.05, 0.1) is 4.47 Å². The third-order valence-electron chi connectivity index (χ3n) is 2.85. The number of hydrogen-bond acceptors (Lipinski definition) is 2. The summed E-state index contributed by atoms with van der Waals surface area (Å²) in [4.78, 5) is 4.28. The van der Waals surface area contributed by atoms with Crippen molar-refractivity contribution in [3.05, 3.63) is 71.2 Å². The van der Waals surface area contributed by atoms with Crippen LogP contribution in [-0.2, 0) is 0 Å². The fourth-order valence-corrected chi connectivity index (χ4v) is 2.26. The lowest BCUT2D eigenvalue weighted by molar-refractivity contribution is 0.620. The van der Waals surface area contributed by atoms with Gasteiger partial charge in [-0.3, -0.25) is 4.57 Å². The average Bonchev–Trinajstić information content (AvgIpc) is 2.91. The minimum atomic E-state index is -0.286. The van der Waals surface area contributed by atoms with Crippen LogP contribution >= 0.6 is 15.9 Å². The standard InChI is InChI=1S/C15H11BrFN3/c16-13-10-12(6-7-14(13)17)20-9-8-18-15(20)19-11-4-2-1-3-5-11/h1-10H,(H,18,19). The van der Waals surface area contributed by atoms with Crippen LogP contribution in [-0.4, -0.2) is 9.55 Å². The van der Waals surface area contributed by atoms with Crippen LogP contribution in [0.5, 0.6) is 0 Å². The van der Waals surface area contributed by atoms with E-state index in [0.29, 0.717) is 10.4 Å². The van der Waals surface area contributed by atoms with Crippen LogP contribution in [0.15, 0.2) is 65.4 Å². The number of halogens is 2. The third-order valence-corrected chi connectivity index (χ3v) is 3.46. The molecule has 3 nitrogen and oxygen atoms in total. The van der Waals surface area contributed by atoms with Crippen LogP contribution in [0.25, 0.3) is 5.69 Å². The minimum absolute atomic E-state index is 0.286. The molecule has 1 N–H and O–H groups in total. The molecule has 0 spiro atoms. The summed E-state index contributed by atoms with van der Waals surface area (Å²) in [6.07, 6.45) is 3.52. The zero-order chi connectivity index (χ0) is 13.9. The first-order chi connectivity index (χ1) is 9.74. The molecule has 3 rings (SSSR count). The van der Waals surface area contributed by atoms with Crippen LogP contribution in [0.3, 0.4) is 0 Å². The van der Waals surface area contributed by atoms with Crippen LogP contribution in [0.4, 0.5) is 16.0 Å². The van der Waals surface area contributed by atoms with Gasteiger partial charge in [0.2, 0.25) is 5.95 Å². The van der Waals surface area contributed by atoms with E-state index in [1.165, 1.54) is 6.07 Å². The normalized spacial score (nSPS) is 10.5. The molecule has 0 radical (unpaired) electrons. The predicted octanol–water partition coefficient (Wildman–Crippen LogP) is 4.52. The third kappa shape index (κ3) is 2.58. The molecule has 0 unspecified atom stereocenters. The monoisotopic (exact) mass is 331 g/mol. The van der Waals surface area contributed by atoms with Gasteiger partial charge in [0.25, 0.3) is 0 Å². The van der Waals surface area contributed by atoms with Gasteiger partial charge in [0.15, 0.2) is 0 Å². The highest BCUT2D eigenvalue weighted by Gasteiger charge is 2.07. The molecule has 0 saturated carbocycles. The van der Waals surface area contributed by atoms with Crippen molar-refractivity contribution in [2.45, 2.75) is 0 Å². The molecule has 100 valence electrons. The number of nitrogens with one attached hydrogen (secondary N) is 1. The van der Waals surface area contributed by atoms with Gasteiger partial charge in [0.1, 0.15) is 5.82 Å². The fourth-order valence-electron chi connectivity index (χ4n) is 1.89. The number of hydrogen-bond donors (Lipinski definition) is 1. The topological polar surface area (TPSA) is 29.9 Å². The summed E-state index contributed by atoms with van der Waals surface area (Å²) in [5.41, 5.74) is 1.77. The van der Waals surface area contributed by atoms with Gasteiger partial charge in [0, 0.05) is 23.8 Å². The lowest BCUT2D eigenvalue weighted by Gasteiger charge is -2.10. The molecule has 20 heavy (non-hydrogen) atoms. The molecule has 0 atom stereocenters. The summed E-state index contributed by atoms with van der Waals surface area (Å²) < 4.78 is 15.6. The second-order valence-corrected chi connectivity index (χ2v) is 5.06. The maximum atomic E-state index is 13.3. The van der Waals surface area contributed by atoms with Crippen molar-refractivity contribution in [3.8, 4) is 5.69 Å². The Morgan fingerprint density at radius 1 is 1.10 bits per heavy atom. The Morgan fingerprint density at radius 3 is 2.65 bits per heavy atom. The Labute approximate surface area is 124 Å². The first-order valence-corrected chi connectivity index (χ1v) is 6.84. The number of anilines is 2. The van der Waals surface area contributed by atoms with Crippen LogP contribution < -0.4 is 5.32 Å². The van der Waals surface area contributed by atoms with E-state index in [2.05, 4.69) is 26.2 Å². The van der Waals surface area contributed by atoms with Crippen LogP contribution in [0, 0.1) is 5.82 Å². The number of imidazole rings is 1. The molecule has 5 heteroatoms. The van der Waals surface area contributed by atoms with Crippen LogP contribution in [0.1, 0.15) is 0 Å². The number of aromatic nitrogens is 2. The Balaban J connectivity index is 1.95. The van der Waals surface area contributed by atoms with Gasteiger partial charge in [-0.1, -0.05) is 18.2 Å². The molecule has 1 heterocycles. The average molecular weight is 332 g/mol. The Bertz CT molecular complexity index is 725. The van der Waals surface area contributed by atoms with E-state index in [1.54, 1.807) is 18.3 Å². The highest BCUT2D eigenvalue weighted by Crippen LogP contribution is 2.23. The molecule has 0 aliphatic rings. The molecular formula is C15H11BrFN3. The van der Waals surface area contributed by atoms with Crippen LogP contribution in [0.2, 0.25) is 0 Å². The van der Waals surface area contributed by atoms with Crippen molar-refractivity contribution in [3.63, 3.8) is 0 Å². The highest BCUT2D eigenvalue weighted by atomic mass is 79.9. The van der Waals surface area contributed by atoms with Crippen molar-refractivity contribution in [1.29, 1.82) is 0 Å². The SMILES string of the molecule is Fc1ccc(-n2ccnc2Nc2ccccc2)cc1Br. The zero-order valence-corrected chi connectivity index (χ0v) is 12.0. The molecule has 0 aliphatic heterocycles. The lowest BCUT2D eigenvalue weighted by atomic mass is 10.3. The van der Waals surface area contributed by atoms with Gasteiger partial charge in [-0.15, -0.1) is 0 Å². The molecule has 0 amide bonds. The van der Waals surface area contributed by atoms with Gasteiger partial charge in [-0.2, -0.15) is 0 Å². The summed E-state index contributed by atoms with van der Waals surface area (Å²) in [6, 6.07) is 14.6. The molecule has 0 bridgehead atoms. The summed E-state index contributed by atoms with van der Waals surface area (Å²) >= 11 is 3.19. The summed E-state index contributed by atoms with van der Waals surface area (Å²) in [7, 11) is 0. The Morgan fingerprint density at radius 2 is 1.90 bits per heavy atom. The van der Waals surface area contributed by atoms with Gasteiger partial charge in [-0.05, 0) is 46.3 Å². The highest BCUT2D eigenvalue weighted by molar-refractivity contribution is 9.10. The molecule has 3 aromatic rings. The summed E-state index contributed by atoms with van der Waals surface area (Å²) in [6.45, 7) is 0. The lowest BCUT2D eigenvalue weighted by Crippen LogP contribution is -2.01. The smallest absolute Gasteiger partial charge is 0.212 e. The van der Waals surface area contributed by atoms with Gasteiger partial charge >= 0.3 is 0 Å². The number of rotatable bonds is 3. The maximum absolute atomic E-state index is 13.3. The van der Waals surface area contributed by atoms with Crippen molar-refractivity contribution >= 4 is 27.6 Å². The second kappa shape index (κ2) is 5.46. The fraction of sp³-hybridized carbons (Fsp3) is 0. The zero-order valence-electron chi connectivity index (χ0n) is 10.4. The number of para-hydroxylation sites is 1. The molecule has 2 aromatic carbocycles. The second-order valence-electron chi connectivity index (χ2n) is 4.21. The van der Waals surface area contributed by atoms with Gasteiger partial charge < -0.3 is 5.32 Å². The molecule has 0 aliphatic carbocycles. The van der Waals surface area contributed by atoms with Crippen molar-refractivity contribution in [2.24, 2.45) is 0 Å². The first kappa shape index (κ1) is 12.9. The summed E-state index contributed by atoms with van der Waals surface area (Å²) in [5, 5.41) is 3.23. The molecule has 0 saturated heterocycles. The van der Waals surface area contributed by atoms with Crippen molar-refractivity contribution in [2.75, 3.05) is 5.32 Å². The quantitative estimate of drug-likeness (QED) is 0.764. The predicted molar refractivity (Wildman–Crippen MR) is 80.9 cm³/mol. The maximum Gasteiger partial charge on any atom is 0.212 e. The van der Waals surface area contributed by atoms with Gasteiger partial charge in [-0.25, -0.2) is 9.37 Å². The van der Waals surface area contributed by atoms with E-state index in [0.717, 1.165) is 11.4 Å². The van der Waals surface area contributed by atoms with E-state index in [-0.39, 0.29) is 5.82 Å². The van der Waals surface area contributed by atoms with E-state index in [1.807, 2.05) is 41.1 Å². The molecular weight excluding hydrogens is 321 g/mol. The number of nitrogens with zero attached hydrogens (tertiary/aromatic N) is 2. The minimum Gasteiger partial charge on any atom is -0.325 e. The number of benzene rings is 2. The van der Waals surface area contributed by atoms with Crippen molar-refractivity contribution in [1.82, 2.24) is 9.55 Å². The van der Waals surface area contributed by atoms with Crippen molar-refractivity contribution < 1.29 is 4.39 Å². The Hall–Kier alpha value is -2.14. The van der Waals surface area contributed by atoms with E-state index >= 15 is 0 Å². The Kier molecular flexibility index (Phi) is 3.52. The molecule has 1 aromatic heterocycles. The summed E-state index contributed by atoms with van der Waals surface area (Å²) in [5.74, 6) is 0.390.